The molecule has 0 saturated heterocycles. The summed E-state index contributed by atoms with van der Waals surface area (Å²) in [4.78, 5) is 27.4. The lowest BCUT2D eigenvalue weighted by atomic mass is 10.2. The third kappa shape index (κ3) is 4.07. The molecule has 0 radical (unpaired) electrons. The minimum absolute atomic E-state index is 0.0629. The summed E-state index contributed by atoms with van der Waals surface area (Å²) in [5.74, 6) is -0.746. The van der Waals surface area contributed by atoms with Crippen LogP contribution in [-0.2, 0) is 0 Å². The number of urea groups is 1. The second-order valence-corrected chi connectivity index (χ2v) is 5.08. The molecule has 0 saturated carbocycles. The third-order valence-electron chi connectivity index (χ3n) is 2.41. The van der Waals surface area contributed by atoms with E-state index in [4.69, 9.17) is 34.8 Å². The summed E-state index contributed by atoms with van der Waals surface area (Å²) < 4.78 is 0. The van der Waals surface area contributed by atoms with Gasteiger partial charge in [-0.15, -0.1) is 0 Å². The minimum atomic E-state index is -0.746. The Morgan fingerprint density at radius 3 is 2.29 bits per heavy atom. The van der Waals surface area contributed by atoms with E-state index in [9.17, 15) is 9.59 Å². The van der Waals surface area contributed by atoms with Crippen molar-refractivity contribution in [2.45, 2.75) is 0 Å². The summed E-state index contributed by atoms with van der Waals surface area (Å²) in [6.07, 6.45) is 1.36. The van der Waals surface area contributed by atoms with E-state index >= 15 is 0 Å². The lowest BCUT2D eigenvalue weighted by Crippen LogP contribution is -2.34. The van der Waals surface area contributed by atoms with Crippen molar-refractivity contribution in [1.82, 2.24) is 10.3 Å². The number of amides is 3. The second-order valence-electron chi connectivity index (χ2n) is 3.87. The summed E-state index contributed by atoms with van der Waals surface area (Å²) in [5.41, 5.74) is 0.417. The number of hydrogen-bond acceptors (Lipinski definition) is 3. The van der Waals surface area contributed by atoms with Crippen molar-refractivity contribution in [2.75, 3.05) is 5.32 Å². The van der Waals surface area contributed by atoms with Crippen molar-refractivity contribution < 1.29 is 9.59 Å². The molecular formula is C13H8Cl3N3O2. The van der Waals surface area contributed by atoms with Crippen LogP contribution in [-0.4, -0.2) is 16.9 Å². The van der Waals surface area contributed by atoms with E-state index in [2.05, 4.69) is 15.6 Å². The zero-order chi connectivity index (χ0) is 15.4. The highest BCUT2D eigenvalue weighted by Crippen LogP contribution is 2.21. The molecule has 1 aromatic heterocycles. The Bertz CT molecular complexity index is 669. The number of carbonyl (C=O) groups is 2. The van der Waals surface area contributed by atoms with Gasteiger partial charge in [0, 0.05) is 16.9 Å². The molecule has 0 atom stereocenters. The van der Waals surface area contributed by atoms with E-state index in [0.717, 1.165) is 0 Å². The summed E-state index contributed by atoms with van der Waals surface area (Å²) in [6, 6.07) is 7.08. The van der Waals surface area contributed by atoms with Gasteiger partial charge < -0.3 is 5.32 Å². The van der Waals surface area contributed by atoms with E-state index < -0.39 is 11.9 Å². The first-order chi connectivity index (χ1) is 9.97. The van der Waals surface area contributed by atoms with E-state index in [1.54, 1.807) is 24.3 Å². The third-order valence-corrected chi connectivity index (χ3v) is 3.26. The topological polar surface area (TPSA) is 71.1 Å². The molecule has 3 amide bonds. The van der Waals surface area contributed by atoms with E-state index in [1.807, 2.05) is 0 Å². The molecular weight excluding hydrogens is 337 g/mol. The molecule has 0 unspecified atom stereocenters. The summed E-state index contributed by atoms with van der Waals surface area (Å²) in [6.45, 7) is 0. The zero-order valence-corrected chi connectivity index (χ0v) is 12.6. The van der Waals surface area contributed by atoms with Crippen molar-refractivity contribution in [3.8, 4) is 0 Å². The highest BCUT2D eigenvalue weighted by molar-refractivity contribution is 6.39. The van der Waals surface area contributed by atoms with Gasteiger partial charge in [-0.2, -0.15) is 0 Å². The molecule has 1 aromatic carbocycles. The van der Waals surface area contributed by atoms with Crippen molar-refractivity contribution in [1.29, 1.82) is 0 Å². The summed E-state index contributed by atoms with van der Waals surface area (Å²) in [7, 11) is 0. The number of imide groups is 1. The monoisotopic (exact) mass is 343 g/mol. The quantitative estimate of drug-likeness (QED) is 0.809. The zero-order valence-electron chi connectivity index (χ0n) is 10.4. The summed E-state index contributed by atoms with van der Waals surface area (Å²) >= 11 is 17.4. The van der Waals surface area contributed by atoms with Crippen LogP contribution in [0.3, 0.4) is 0 Å². The van der Waals surface area contributed by atoms with Crippen molar-refractivity contribution in [2.24, 2.45) is 0 Å². The molecule has 2 rings (SSSR count). The Labute approximate surface area is 135 Å². The first-order valence-electron chi connectivity index (χ1n) is 5.65. The normalized spacial score (nSPS) is 10.0. The van der Waals surface area contributed by atoms with Crippen LogP contribution in [0.4, 0.5) is 10.5 Å². The molecule has 0 aliphatic carbocycles. The molecule has 0 fully saturated rings. The number of pyridine rings is 1. The van der Waals surface area contributed by atoms with Gasteiger partial charge in [-0.05, 0) is 30.3 Å². The van der Waals surface area contributed by atoms with Gasteiger partial charge in [0.15, 0.2) is 0 Å². The number of halogens is 3. The molecule has 0 aliphatic rings. The Morgan fingerprint density at radius 1 is 1.00 bits per heavy atom. The van der Waals surface area contributed by atoms with Gasteiger partial charge in [-0.3, -0.25) is 10.1 Å². The summed E-state index contributed by atoms with van der Waals surface area (Å²) in [5, 5.41) is 5.14. The second kappa shape index (κ2) is 6.76. The maximum absolute atomic E-state index is 11.9. The minimum Gasteiger partial charge on any atom is -0.308 e. The first-order valence-corrected chi connectivity index (χ1v) is 6.78. The highest BCUT2D eigenvalue weighted by Gasteiger charge is 2.18. The standard InChI is InChI=1S/C13H8Cl3N3O2/c14-7-1-3-8(4-2-7)18-13(21)19-12(20)10-9(15)5-6-17-11(10)16/h1-6H,(H2,18,19,20,21). The molecule has 108 valence electrons. The van der Waals surface area contributed by atoms with Crippen molar-refractivity contribution >= 4 is 52.4 Å². The Morgan fingerprint density at radius 2 is 1.67 bits per heavy atom. The number of aromatic nitrogens is 1. The average Bonchev–Trinajstić information content (AvgIpc) is 2.41. The molecule has 2 N–H and O–H groups in total. The lowest BCUT2D eigenvalue weighted by molar-refractivity contribution is 0.0967. The molecule has 0 bridgehead atoms. The van der Waals surface area contributed by atoms with Crippen LogP contribution < -0.4 is 10.6 Å². The van der Waals surface area contributed by atoms with Crippen molar-refractivity contribution in [3.05, 3.63) is 57.3 Å². The van der Waals surface area contributed by atoms with Gasteiger partial charge in [0.25, 0.3) is 5.91 Å². The Kier molecular flexibility index (Phi) is 5.01. The van der Waals surface area contributed by atoms with Crippen LogP contribution in [0, 0.1) is 0 Å². The van der Waals surface area contributed by atoms with Crippen LogP contribution in [0.5, 0.6) is 0 Å². The van der Waals surface area contributed by atoms with Gasteiger partial charge in [0.2, 0.25) is 0 Å². The van der Waals surface area contributed by atoms with Crippen LogP contribution >= 0.6 is 34.8 Å². The number of nitrogens with one attached hydrogen (secondary N) is 2. The average molecular weight is 345 g/mol. The molecule has 0 spiro atoms. The van der Waals surface area contributed by atoms with Crippen LogP contribution in [0.15, 0.2) is 36.5 Å². The van der Waals surface area contributed by atoms with Crippen LogP contribution in [0.1, 0.15) is 10.4 Å². The molecule has 2 aromatic rings. The lowest BCUT2D eigenvalue weighted by Gasteiger charge is -2.08. The SMILES string of the molecule is O=C(NC(=O)c1c(Cl)ccnc1Cl)Nc1ccc(Cl)cc1. The predicted octanol–water partition coefficient (Wildman–Crippen LogP) is 4.00. The van der Waals surface area contributed by atoms with Crippen LogP contribution in [0.2, 0.25) is 15.2 Å². The maximum Gasteiger partial charge on any atom is 0.326 e. The molecule has 21 heavy (non-hydrogen) atoms. The van der Waals surface area contributed by atoms with Gasteiger partial charge in [-0.25, -0.2) is 9.78 Å². The number of rotatable bonds is 2. The number of anilines is 1. The van der Waals surface area contributed by atoms with Gasteiger partial charge in [0.05, 0.1) is 10.6 Å². The number of nitrogens with zero attached hydrogens (tertiary/aromatic N) is 1. The number of hydrogen-bond donors (Lipinski definition) is 2. The first kappa shape index (κ1) is 15.6. The predicted molar refractivity (Wildman–Crippen MR) is 82.2 cm³/mol. The molecule has 1 heterocycles. The smallest absolute Gasteiger partial charge is 0.308 e. The van der Waals surface area contributed by atoms with E-state index in [0.29, 0.717) is 10.7 Å². The molecule has 0 aliphatic heterocycles. The fraction of sp³-hybridized carbons (Fsp3) is 0. The fourth-order valence-electron chi connectivity index (χ4n) is 1.48. The van der Waals surface area contributed by atoms with Crippen molar-refractivity contribution in [3.63, 3.8) is 0 Å². The molecule has 8 heteroatoms. The Hall–Kier alpha value is -1.82. The Balaban J connectivity index is 2.06. The largest absolute Gasteiger partial charge is 0.326 e. The highest BCUT2D eigenvalue weighted by atomic mass is 35.5. The van der Waals surface area contributed by atoms with Crippen LogP contribution in [0.25, 0.3) is 0 Å². The van der Waals surface area contributed by atoms with Gasteiger partial charge >= 0.3 is 6.03 Å². The van der Waals surface area contributed by atoms with E-state index in [1.165, 1.54) is 12.3 Å². The van der Waals surface area contributed by atoms with Gasteiger partial charge in [0.1, 0.15) is 5.15 Å². The van der Waals surface area contributed by atoms with E-state index in [-0.39, 0.29) is 15.7 Å². The maximum atomic E-state index is 11.9. The number of benzene rings is 1. The number of carbonyl (C=O) groups excluding carboxylic acids is 2. The fourth-order valence-corrected chi connectivity index (χ4v) is 2.13. The van der Waals surface area contributed by atoms with Gasteiger partial charge in [-0.1, -0.05) is 34.8 Å². The molecule has 5 nitrogen and oxygen atoms in total.